The highest BCUT2D eigenvalue weighted by molar-refractivity contribution is 7.89. The van der Waals surface area contributed by atoms with Gasteiger partial charge in [0.2, 0.25) is 10.0 Å². The Balaban J connectivity index is 1.56. The second-order valence-electron chi connectivity index (χ2n) is 6.98. The summed E-state index contributed by atoms with van der Waals surface area (Å²) in [6.45, 7) is 0.401. The molecule has 0 atom stereocenters. The lowest BCUT2D eigenvalue weighted by Crippen LogP contribution is -2.49. The van der Waals surface area contributed by atoms with Gasteiger partial charge in [0.1, 0.15) is 27.2 Å². The van der Waals surface area contributed by atoms with E-state index in [-0.39, 0.29) is 42.6 Å². The van der Waals surface area contributed by atoms with Crippen molar-refractivity contribution in [3.05, 3.63) is 81.5 Å². The Kier molecular flexibility index (Phi) is 5.97. The molecule has 32 heavy (non-hydrogen) atoms. The summed E-state index contributed by atoms with van der Waals surface area (Å²) in [7, 11) is -4.02. The summed E-state index contributed by atoms with van der Waals surface area (Å²) in [5.41, 5.74) is -0.819. The minimum atomic E-state index is -4.02. The standard InChI is InChI=1S/C20H16ClF3N4O3S/c21-19-17(12-25-28(20(19)29)16-6-5-13(22)11-15(16)24)26-7-9-27(10-8-26)32(30,31)18-4-2-1-3-14(18)23/h1-6,11-12H,7-10H2. The maximum absolute atomic E-state index is 14.0. The number of halogens is 4. The minimum Gasteiger partial charge on any atom is -0.366 e. The van der Waals surface area contributed by atoms with E-state index in [9.17, 15) is 26.4 Å². The molecule has 1 aliphatic rings. The predicted octanol–water partition coefficient (Wildman–Crippen LogP) is 2.81. The molecule has 1 aromatic heterocycles. The van der Waals surface area contributed by atoms with E-state index in [1.807, 2.05) is 0 Å². The molecule has 0 saturated carbocycles. The average Bonchev–Trinajstić information content (AvgIpc) is 2.76. The molecule has 7 nitrogen and oxygen atoms in total. The summed E-state index contributed by atoms with van der Waals surface area (Å²) >= 11 is 6.22. The predicted molar refractivity (Wildman–Crippen MR) is 112 cm³/mol. The van der Waals surface area contributed by atoms with Gasteiger partial charge >= 0.3 is 0 Å². The number of piperazine rings is 1. The molecule has 0 spiro atoms. The molecule has 2 aromatic carbocycles. The Hall–Kier alpha value is -2.89. The van der Waals surface area contributed by atoms with Crippen LogP contribution in [0.15, 0.2) is 58.4 Å². The molecule has 1 aliphatic heterocycles. The number of aromatic nitrogens is 2. The van der Waals surface area contributed by atoms with Crippen LogP contribution in [0.5, 0.6) is 0 Å². The highest BCUT2D eigenvalue weighted by atomic mass is 35.5. The molecule has 1 saturated heterocycles. The van der Waals surface area contributed by atoms with Crippen LogP contribution in [-0.4, -0.2) is 48.7 Å². The van der Waals surface area contributed by atoms with E-state index in [0.29, 0.717) is 6.07 Å². The topological polar surface area (TPSA) is 75.5 Å². The number of nitrogens with zero attached hydrogens (tertiary/aromatic N) is 4. The van der Waals surface area contributed by atoms with Gasteiger partial charge in [-0.1, -0.05) is 23.7 Å². The van der Waals surface area contributed by atoms with E-state index in [1.54, 1.807) is 4.90 Å². The van der Waals surface area contributed by atoms with Crippen LogP contribution in [-0.2, 0) is 10.0 Å². The molecular formula is C20H16ClF3N4O3S. The van der Waals surface area contributed by atoms with Crippen molar-refractivity contribution in [2.75, 3.05) is 31.1 Å². The molecule has 168 valence electrons. The third-order valence-electron chi connectivity index (χ3n) is 5.07. The zero-order valence-corrected chi connectivity index (χ0v) is 18.0. The van der Waals surface area contributed by atoms with Gasteiger partial charge in [-0.2, -0.15) is 14.1 Å². The SMILES string of the molecule is O=c1c(Cl)c(N2CCN(S(=O)(=O)c3ccccc3F)CC2)cnn1-c1ccc(F)cc1F. The molecule has 2 heterocycles. The van der Waals surface area contributed by atoms with E-state index in [4.69, 9.17) is 11.6 Å². The van der Waals surface area contributed by atoms with Crippen LogP contribution in [0.25, 0.3) is 5.69 Å². The lowest BCUT2D eigenvalue weighted by Gasteiger charge is -2.35. The van der Waals surface area contributed by atoms with E-state index in [1.165, 1.54) is 24.4 Å². The van der Waals surface area contributed by atoms with Crippen LogP contribution in [0.1, 0.15) is 0 Å². The summed E-state index contributed by atoms with van der Waals surface area (Å²) in [5, 5.41) is 3.69. The zero-order chi connectivity index (χ0) is 23.0. The number of anilines is 1. The summed E-state index contributed by atoms with van der Waals surface area (Å²) in [6.07, 6.45) is 1.26. The maximum Gasteiger partial charge on any atom is 0.292 e. The first-order chi connectivity index (χ1) is 15.2. The monoisotopic (exact) mass is 484 g/mol. The van der Waals surface area contributed by atoms with Crippen LogP contribution in [0.2, 0.25) is 5.02 Å². The summed E-state index contributed by atoms with van der Waals surface area (Å²) < 4.78 is 68.5. The van der Waals surface area contributed by atoms with Crippen molar-refractivity contribution in [1.82, 2.24) is 14.1 Å². The third kappa shape index (κ3) is 3.98. The highest BCUT2D eigenvalue weighted by Crippen LogP contribution is 2.26. The molecular weight excluding hydrogens is 469 g/mol. The molecule has 4 rings (SSSR count). The molecule has 0 N–H and O–H groups in total. The number of sulfonamides is 1. The van der Waals surface area contributed by atoms with Crippen molar-refractivity contribution in [1.29, 1.82) is 0 Å². The van der Waals surface area contributed by atoms with Crippen LogP contribution in [0.4, 0.5) is 18.9 Å². The van der Waals surface area contributed by atoms with Gasteiger partial charge in [-0.05, 0) is 24.3 Å². The van der Waals surface area contributed by atoms with Crippen molar-refractivity contribution in [2.24, 2.45) is 0 Å². The fraction of sp³-hybridized carbons (Fsp3) is 0.200. The van der Waals surface area contributed by atoms with Crippen molar-refractivity contribution < 1.29 is 21.6 Å². The first kappa shape index (κ1) is 22.3. The van der Waals surface area contributed by atoms with E-state index < -0.39 is 37.9 Å². The van der Waals surface area contributed by atoms with Crippen molar-refractivity contribution >= 4 is 27.3 Å². The molecule has 12 heteroatoms. The number of hydrogen-bond acceptors (Lipinski definition) is 5. The summed E-state index contributed by atoms with van der Waals surface area (Å²) in [4.78, 5) is 13.9. The van der Waals surface area contributed by atoms with Gasteiger partial charge in [0.15, 0.2) is 5.82 Å². The van der Waals surface area contributed by atoms with Crippen LogP contribution in [0.3, 0.4) is 0 Å². The number of rotatable bonds is 4. The summed E-state index contributed by atoms with van der Waals surface area (Å²) in [6, 6.07) is 7.81. The Morgan fingerprint density at radius 3 is 2.25 bits per heavy atom. The van der Waals surface area contributed by atoms with Gasteiger partial charge in [0.25, 0.3) is 5.56 Å². The molecule has 0 bridgehead atoms. The van der Waals surface area contributed by atoms with Crippen LogP contribution >= 0.6 is 11.6 Å². The van der Waals surface area contributed by atoms with Gasteiger partial charge < -0.3 is 4.90 Å². The Labute approximate surface area is 186 Å². The smallest absolute Gasteiger partial charge is 0.292 e. The third-order valence-corrected chi connectivity index (χ3v) is 7.36. The molecule has 0 unspecified atom stereocenters. The molecule has 0 amide bonds. The fourth-order valence-electron chi connectivity index (χ4n) is 3.43. The number of benzene rings is 2. The quantitative estimate of drug-likeness (QED) is 0.569. The van der Waals surface area contributed by atoms with Crippen LogP contribution in [0, 0.1) is 17.5 Å². The second-order valence-corrected chi connectivity index (χ2v) is 9.26. The molecule has 1 fully saturated rings. The van der Waals surface area contributed by atoms with Crippen molar-refractivity contribution in [3.8, 4) is 5.69 Å². The zero-order valence-electron chi connectivity index (χ0n) is 16.4. The largest absolute Gasteiger partial charge is 0.366 e. The Morgan fingerprint density at radius 1 is 0.906 bits per heavy atom. The lowest BCUT2D eigenvalue weighted by molar-refractivity contribution is 0.382. The first-order valence-corrected chi connectivity index (χ1v) is 11.2. The Bertz CT molecular complexity index is 1340. The Morgan fingerprint density at radius 2 is 1.59 bits per heavy atom. The van der Waals surface area contributed by atoms with E-state index in [0.717, 1.165) is 27.2 Å². The van der Waals surface area contributed by atoms with Gasteiger partial charge in [-0.3, -0.25) is 4.79 Å². The van der Waals surface area contributed by atoms with Gasteiger partial charge in [0.05, 0.1) is 11.9 Å². The maximum atomic E-state index is 14.0. The van der Waals surface area contributed by atoms with Gasteiger partial charge in [-0.15, -0.1) is 0 Å². The molecule has 0 radical (unpaired) electrons. The van der Waals surface area contributed by atoms with Crippen molar-refractivity contribution in [3.63, 3.8) is 0 Å². The van der Waals surface area contributed by atoms with E-state index >= 15 is 0 Å². The van der Waals surface area contributed by atoms with E-state index in [2.05, 4.69) is 5.10 Å². The fourth-order valence-corrected chi connectivity index (χ4v) is 5.17. The van der Waals surface area contributed by atoms with Gasteiger partial charge in [-0.25, -0.2) is 21.6 Å². The minimum absolute atomic E-state index is 0.0304. The van der Waals surface area contributed by atoms with Crippen LogP contribution < -0.4 is 10.5 Å². The first-order valence-electron chi connectivity index (χ1n) is 9.43. The highest BCUT2D eigenvalue weighted by Gasteiger charge is 2.31. The lowest BCUT2D eigenvalue weighted by atomic mass is 10.3. The normalized spacial score (nSPS) is 15.2. The average molecular weight is 485 g/mol. The number of hydrogen-bond donors (Lipinski definition) is 0. The molecule has 3 aromatic rings. The van der Waals surface area contributed by atoms with Crippen molar-refractivity contribution in [2.45, 2.75) is 4.90 Å². The molecule has 0 aliphatic carbocycles. The summed E-state index contributed by atoms with van der Waals surface area (Å²) in [5.74, 6) is -2.61. The second kappa shape index (κ2) is 8.57. The van der Waals surface area contributed by atoms with Gasteiger partial charge in [0, 0.05) is 32.2 Å².